The summed E-state index contributed by atoms with van der Waals surface area (Å²) >= 11 is 1.28. The first-order chi connectivity index (χ1) is 12.9. The summed E-state index contributed by atoms with van der Waals surface area (Å²) in [6.45, 7) is -0.0524. The fourth-order valence-corrected chi connectivity index (χ4v) is 3.95. The third kappa shape index (κ3) is 5.03. The van der Waals surface area contributed by atoms with Gasteiger partial charge in [-0.05, 0) is 35.7 Å². The number of rotatable bonds is 5. The number of thioether (sulfide) groups is 1. The fraction of sp³-hybridized carbons (Fsp3) is 0.263. The van der Waals surface area contributed by atoms with Crippen molar-refractivity contribution in [1.29, 1.82) is 0 Å². The van der Waals surface area contributed by atoms with Crippen molar-refractivity contribution in [3.63, 3.8) is 0 Å². The van der Waals surface area contributed by atoms with E-state index in [0.717, 1.165) is 18.2 Å². The van der Waals surface area contributed by atoms with Crippen molar-refractivity contribution in [1.82, 2.24) is 10.6 Å². The molecule has 4 nitrogen and oxygen atoms in total. The molecule has 0 unspecified atom stereocenters. The van der Waals surface area contributed by atoms with Gasteiger partial charge < -0.3 is 10.6 Å². The molecule has 1 fully saturated rings. The Morgan fingerprint density at radius 1 is 1.15 bits per heavy atom. The van der Waals surface area contributed by atoms with Crippen molar-refractivity contribution in [2.75, 3.05) is 5.75 Å². The first-order valence-corrected chi connectivity index (χ1v) is 9.35. The minimum atomic E-state index is -0.752. The van der Waals surface area contributed by atoms with Gasteiger partial charge in [0.2, 0.25) is 11.8 Å². The first-order valence-electron chi connectivity index (χ1n) is 8.30. The Bertz CT molecular complexity index is 842. The van der Waals surface area contributed by atoms with Gasteiger partial charge in [0.05, 0.1) is 5.25 Å². The van der Waals surface area contributed by atoms with Crippen LogP contribution in [0, 0.1) is 17.5 Å². The van der Waals surface area contributed by atoms with Crippen LogP contribution < -0.4 is 10.6 Å². The Balaban J connectivity index is 1.53. The summed E-state index contributed by atoms with van der Waals surface area (Å²) in [6, 6.07) is 8.50. The van der Waals surface area contributed by atoms with Crippen LogP contribution in [0.3, 0.4) is 0 Å². The molecule has 2 N–H and O–H groups in total. The van der Waals surface area contributed by atoms with Crippen LogP contribution in [0.15, 0.2) is 42.5 Å². The molecular formula is C19H17F3N2O2S. The third-order valence-corrected chi connectivity index (χ3v) is 5.45. The lowest BCUT2D eigenvalue weighted by Crippen LogP contribution is -2.54. The summed E-state index contributed by atoms with van der Waals surface area (Å²) in [5, 5.41) is 4.70. The molecule has 2 atom stereocenters. The van der Waals surface area contributed by atoms with E-state index in [1.807, 2.05) is 0 Å². The van der Waals surface area contributed by atoms with Gasteiger partial charge >= 0.3 is 0 Å². The molecule has 0 bridgehead atoms. The molecule has 0 aliphatic carbocycles. The molecule has 2 aromatic carbocycles. The molecule has 1 aliphatic heterocycles. The quantitative estimate of drug-likeness (QED) is 0.820. The average molecular weight is 394 g/mol. The van der Waals surface area contributed by atoms with Crippen LogP contribution in [0.1, 0.15) is 11.1 Å². The lowest BCUT2D eigenvalue weighted by molar-refractivity contribution is -0.128. The topological polar surface area (TPSA) is 58.2 Å². The second kappa shape index (κ2) is 8.47. The number of benzene rings is 2. The van der Waals surface area contributed by atoms with E-state index in [-0.39, 0.29) is 30.3 Å². The average Bonchev–Trinajstić information content (AvgIpc) is 2.62. The number of halogens is 3. The standard InChI is InChI=1S/C19H17F3N2O2S/c20-13-5-11(6-14(21)8-13)9-23-18(25)16-10-27-17(19(26)24-16)7-12-3-1-2-4-15(12)22/h1-6,8,16-17H,7,9-10H2,(H,23,25)(H,24,26)/t16-,17-/m0/s1. The van der Waals surface area contributed by atoms with Crippen LogP contribution >= 0.6 is 11.8 Å². The van der Waals surface area contributed by atoms with Gasteiger partial charge in [-0.1, -0.05) is 18.2 Å². The van der Waals surface area contributed by atoms with E-state index in [9.17, 15) is 22.8 Å². The van der Waals surface area contributed by atoms with Crippen LogP contribution in [0.2, 0.25) is 0 Å². The highest BCUT2D eigenvalue weighted by Gasteiger charge is 2.32. The van der Waals surface area contributed by atoms with E-state index in [1.165, 1.54) is 17.8 Å². The van der Waals surface area contributed by atoms with Gasteiger partial charge in [-0.3, -0.25) is 9.59 Å². The van der Waals surface area contributed by atoms with Crippen LogP contribution in [-0.4, -0.2) is 28.9 Å². The van der Waals surface area contributed by atoms with Crippen LogP contribution in [-0.2, 0) is 22.6 Å². The zero-order valence-electron chi connectivity index (χ0n) is 14.2. The molecule has 0 saturated carbocycles. The molecule has 0 radical (unpaired) electrons. The van der Waals surface area contributed by atoms with Gasteiger partial charge in [-0.25, -0.2) is 13.2 Å². The summed E-state index contributed by atoms with van der Waals surface area (Å²) in [5.41, 5.74) is 0.731. The molecule has 142 valence electrons. The van der Waals surface area contributed by atoms with Gasteiger partial charge in [-0.15, -0.1) is 11.8 Å². The summed E-state index contributed by atoms with van der Waals surface area (Å²) < 4.78 is 40.1. The fourth-order valence-electron chi connectivity index (χ4n) is 2.78. The lowest BCUT2D eigenvalue weighted by atomic mass is 10.1. The maximum absolute atomic E-state index is 13.7. The SMILES string of the molecule is O=C(NCc1cc(F)cc(F)c1)[C@@H]1CS[C@@H](Cc2ccccc2F)C(=O)N1. The van der Waals surface area contributed by atoms with Crippen molar-refractivity contribution in [2.45, 2.75) is 24.3 Å². The molecule has 2 amide bonds. The molecule has 1 aliphatic rings. The second-order valence-corrected chi connectivity index (χ2v) is 7.41. The Hall–Kier alpha value is -2.48. The van der Waals surface area contributed by atoms with Crippen molar-refractivity contribution in [3.8, 4) is 0 Å². The number of nitrogens with one attached hydrogen (secondary N) is 2. The maximum Gasteiger partial charge on any atom is 0.243 e. The normalized spacial score (nSPS) is 19.4. The predicted octanol–water partition coefficient (Wildman–Crippen LogP) is 2.56. The second-order valence-electron chi connectivity index (χ2n) is 6.17. The molecule has 2 aromatic rings. The number of carbonyl (C=O) groups excluding carboxylic acids is 2. The number of carbonyl (C=O) groups is 2. The highest BCUT2D eigenvalue weighted by atomic mass is 32.2. The van der Waals surface area contributed by atoms with E-state index in [1.54, 1.807) is 18.2 Å². The Labute approximate surface area is 158 Å². The molecular weight excluding hydrogens is 377 g/mol. The molecule has 0 aromatic heterocycles. The van der Waals surface area contributed by atoms with Crippen LogP contribution in [0.25, 0.3) is 0 Å². The largest absolute Gasteiger partial charge is 0.350 e. The monoisotopic (exact) mass is 394 g/mol. The zero-order chi connectivity index (χ0) is 19.4. The van der Waals surface area contributed by atoms with E-state index < -0.39 is 28.8 Å². The summed E-state index contributed by atoms with van der Waals surface area (Å²) in [4.78, 5) is 24.5. The minimum Gasteiger partial charge on any atom is -0.350 e. The van der Waals surface area contributed by atoms with E-state index >= 15 is 0 Å². The minimum absolute atomic E-state index is 0.0524. The van der Waals surface area contributed by atoms with Crippen molar-refractivity contribution >= 4 is 23.6 Å². The summed E-state index contributed by atoms with van der Waals surface area (Å²) in [6.07, 6.45) is 0.236. The highest BCUT2D eigenvalue weighted by molar-refractivity contribution is 8.00. The maximum atomic E-state index is 13.7. The lowest BCUT2D eigenvalue weighted by Gasteiger charge is -2.28. The van der Waals surface area contributed by atoms with Crippen molar-refractivity contribution in [3.05, 3.63) is 71.0 Å². The van der Waals surface area contributed by atoms with Gasteiger partial charge in [0.1, 0.15) is 23.5 Å². The molecule has 3 rings (SSSR count). The number of hydrogen-bond donors (Lipinski definition) is 2. The molecule has 0 spiro atoms. The first kappa shape index (κ1) is 19.3. The zero-order valence-corrected chi connectivity index (χ0v) is 15.0. The van der Waals surface area contributed by atoms with Gasteiger partial charge in [0.15, 0.2) is 0 Å². The third-order valence-electron chi connectivity index (χ3n) is 4.14. The van der Waals surface area contributed by atoms with Crippen LogP contribution in [0.4, 0.5) is 13.2 Å². The Morgan fingerprint density at radius 2 is 1.85 bits per heavy atom. The van der Waals surface area contributed by atoms with Gasteiger partial charge in [-0.2, -0.15) is 0 Å². The predicted molar refractivity (Wildman–Crippen MR) is 96.5 cm³/mol. The highest BCUT2D eigenvalue weighted by Crippen LogP contribution is 2.23. The number of hydrogen-bond acceptors (Lipinski definition) is 3. The molecule has 1 saturated heterocycles. The van der Waals surface area contributed by atoms with Crippen molar-refractivity contribution < 1.29 is 22.8 Å². The molecule has 27 heavy (non-hydrogen) atoms. The van der Waals surface area contributed by atoms with E-state index in [0.29, 0.717) is 11.3 Å². The Kier molecular flexibility index (Phi) is 6.05. The number of amides is 2. The van der Waals surface area contributed by atoms with E-state index in [4.69, 9.17) is 0 Å². The molecule has 8 heteroatoms. The summed E-state index contributed by atoms with van der Waals surface area (Å²) in [7, 11) is 0. The van der Waals surface area contributed by atoms with Crippen LogP contribution in [0.5, 0.6) is 0 Å². The van der Waals surface area contributed by atoms with Crippen molar-refractivity contribution in [2.24, 2.45) is 0 Å². The molecule has 1 heterocycles. The van der Waals surface area contributed by atoms with Gasteiger partial charge in [0, 0.05) is 18.4 Å². The summed E-state index contributed by atoms with van der Waals surface area (Å²) in [5.74, 6) is -2.27. The Morgan fingerprint density at radius 3 is 2.52 bits per heavy atom. The van der Waals surface area contributed by atoms with E-state index in [2.05, 4.69) is 10.6 Å². The smallest absolute Gasteiger partial charge is 0.243 e. The van der Waals surface area contributed by atoms with Gasteiger partial charge in [0.25, 0.3) is 0 Å².